The fraction of sp³-hybridized carbons (Fsp3) is 0.333. The van der Waals surface area contributed by atoms with E-state index in [9.17, 15) is 4.79 Å². The molecule has 3 heterocycles. The van der Waals surface area contributed by atoms with Crippen molar-refractivity contribution >= 4 is 34.3 Å². The van der Waals surface area contributed by atoms with E-state index in [-0.39, 0.29) is 11.8 Å². The monoisotopic (exact) mass is 619 g/mol. The van der Waals surface area contributed by atoms with Crippen LogP contribution in [0.5, 0.6) is 0 Å². The third-order valence-electron chi connectivity index (χ3n) is 8.04. The second-order valence-electron chi connectivity index (χ2n) is 12.0. The number of hydrogen-bond donors (Lipinski definition) is 3. The Labute approximate surface area is 272 Å². The van der Waals surface area contributed by atoms with Crippen LogP contribution in [0, 0.1) is 5.92 Å². The number of aliphatic imine (C=N–C) groups is 2. The molecule has 0 radical (unpaired) electrons. The maximum absolute atomic E-state index is 12.4. The summed E-state index contributed by atoms with van der Waals surface area (Å²) in [6.45, 7) is 13.1. The van der Waals surface area contributed by atoms with Crippen molar-refractivity contribution in [2.75, 3.05) is 59.2 Å². The lowest BCUT2D eigenvalue weighted by Crippen LogP contribution is -2.55. The van der Waals surface area contributed by atoms with E-state index in [4.69, 9.17) is 15.0 Å². The number of likely N-dealkylation sites (N-methyl/N-ethyl adjacent to an activating group) is 1. The van der Waals surface area contributed by atoms with Crippen molar-refractivity contribution in [3.05, 3.63) is 96.5 Å². The van der Waals surface area contributed by atoms with Gasteiger partial charge in [0.05, 0.1) is 12.2 Å². The van der Waals surface area contributed by atoms with Gasteiger partial charge in [0.15, 0.2) is 0 Å². The number of piperazine rings is 1. The number of carbonyl (C=O) groups excluding carboxylic acids is 1. The molecule has 46 heavy (non-hydrogen) atoms. The van der Waals surface area contributed by atoms with Crippen LogP contribution in [0.3, 0.4) is 0 Å². The minimum Gasteiger partial charge on any atom is -0.340 e. The summed E-state index contributed by atoms with van der Waals surface area (Å²) in [5.41, 5.74) is 4.77. The van der Waals surface area contributed by atoms with E-state index in [1.54, 1.807) is 6.08 Å². The molecule has 0 aliphatic carbocycles. The molecule has 0 bridgehead atoms. The zero-order valence-corrected chi connectivity index (χ0v) is 27.5. The number of fused-ring (bicyclic) bond motifs is 1. The lowest BCUT2D eigenvalue weighted by atomic mass is 9.99. The minimum absolute atomic E-state index is 0.155. The average Bonchev–Trinajstić information content (AvgIpc) is 3.05. The van der Waals surface area contributed by atoms with E-state index in [0.717, 1.165) is 76.8 Å². The normalized spacial score (nSPS) is 17.5. The van der Waals surface area contributed by atoms with Gasteiger partial charge in [-0.25, -0.2) is 4.99 Å². The highest BCUT2D eigenvalue weighted by Gasteiger charge is 2.27. The molecule has 1 amide bonds. The number of allylic oxidation sites excluding steroid dienone is 2. The Kier molecular flexibility index (Phi) is 10.6. The summed E-state index contributed by atoms with van der Waals surface area (Å²) in [4.78, 5) is 33.6. The predicted octanol–water partition coefficient (Wildman–Crippen LogP) is 4.66. The van der Waals surface area contributed by atoms with Crippen molar-refractivity contribution in [2.24, 2.45) is 15.9 Å². The topological polar surface area (TPSA) is 100 Å². The number of benzene rings is 2. The first-order valence-corrected chi connectivity index (χ1v) is 15.8. The number of aromatic nitrogens is 1. The molecule has 10 nitrogen and oxygen atoms in total. The van der Waals surface area contributed by atoms with Gasteiger partial charge < -0.3 is 25.8 Å². The smallest absolute Gasteiger partial charge is 0.248 e. The summed E-state index contributed by atoms with van der Waals surface area (Å²) >= 11 is 0. The molecule has 2 aliphatic rings. The van der Waals surface area contributed by atoms with E-state index >= 15 is 0 Å². The van der Waals surface area contributed by atoms with Crippen LogP contribution in [-0.4, -0.2) is 91.4 Å². The maximum Gasteiger partial charge on any atom is 0.248 e. The first-order valence-electron chi connectivity index (χ1n) is 15.8. The minimum atomic E-state index is -0.155. The van der Waals surface area contributed by atoms with Crippen molar-refractivity contribution < 1.29 is 4.79 Å². The lowest BCUT2D eigenvalue weighted by Gasteiger charge is -2.37. The highest BCUT2D eigenvalue weighted by atomic mass is 16.1. The highest BCUT2D eigenvalue weighted by molar-refractivity contribution is 6.03. The Morgan fingerprint density at radius 2 is 1.93 bits per heavy atom. The molecule has 0 saturated carbocycles. The molecule has 1 saturated heterocycles. The zero-order valence-electron chi connectivity index (χ0n) is 27.5. The van der Waals surface area contributed by atoms with Gasteiger partial charge in [-0.2, -0.15) is 4.99 Å². The summed E-state index contributed by atoms with van der Waals surface area (Å²) in [6, 6.07) is 16.1. The van der Waals surface area contributed by atoms with Gasteiger partial charge in [0.25, 0.3) is 0 Å². The number of nitrogens with zero attached hydrogens (tertiary/aromatic N) is 6. The molecule has 3 N–H and O–H groups in total. The largest absolute Gasteiger partial charge is 0.340 e. The van der Waals surface area contributed by atoms with Gasteiger partial charge in [-0.1, -0.05) is 62.9 Å². The van der Waals surface area contributed by atoms with Gasteiger partial charge in [0, 0.05) is 68.7 Å². The molecule has 2 aromatic carbocycles. The van der Waals surface area contributed by atoms with Crippen molar-refractivity contribution in [3.8, 4) is 11.3 Å². The molecule has 10 heteroatoms. The number of rotatable bonds is 9. The number of pyridine rings is 1. The Bertz CT molecular complexity index is 1700. The summed E-state index contributed by atoms with van der Waals surface area (Å²) in [5, 5.41) is 12.0. The fourth-order valence-corrected chi connectivity index (χ4v) is 5.60. The van der Waals surface area contributed by atoms with Crippen molar-refractivity contribution in [2.45, 2.75) is 20.4 Å². The molecular weight excluding hydrogens is 574 g/mol. The molecular formula is C36H45N9O. The Morgan fingerprint density at radius 1 is 1.15 bits per heavy atom. The van der Waals surface area contributed by atoms with Crippen LogP contribution in [0.25, 0.3) is 22.0 Å². The molecule has 2 aliphatic heterocycles. The third-order valence-corrected chi connectivity index (χ3v) is 8.04. The highest BCUT2D eigenvalue weighted by Crippen LogP contribution is 2.31. The lowest BCUT2D eigenvalue weighted by molar-refractivity contribution is -0.111. The molecule has 0 atom stereocenters. The fourth-order valence-electron chi connectivity index (χ4n) is 5.60. The number of guanidine groups is 2. The van der Waals surface area contributed by atoms with E-state index in [2.05, 4.69) is 53.4 Å². The van der Waals surface area contributed by atoms with E-state index in [0.29, 0.717) is 19.0 Å². The van der Waals surface area contributed by atoms with Gasteiger partial charge in [-0.15, -0.1) is 0 Å². The number of amides is 1. The Hall–Kier alpha value is -4.80. The van der Waals surface area contributed by atoms with Gasteiger partial charge in [-0.05, 0) is 54.7 Å². The van der Waals surface area contributed by atoms with Crippen molar-refractivity contribution in [3.63, 3.8) is 0 Å². The summed E-state index contributed by atoms with van der Waals surface area (Å²) < 4.78 is 0. The van der Waals surface area contributed by atoms with E-state index < -0.39 is 0 Å². The Balaban J connectivity index is 1.46. The van der Waals surface area contributed by atoms with Crippen molar-refractivity contribution in [1.82, 2.24) is 30.3 Å². The summed E-state index contributed by atoms with van der Waals surface area (Å²) in [6.07, 6.45) is 7.14. The second kappa shape index (κ2) is 15.0. The van der Waals surface area contributed by atoms with Crippen molar-refractivity contribution in [1.29, 1.82) is 0 Å². The van der Waals surface area contributed by atoms with Gasteiger partial charge in [0.1, 0.15) is 5.82 Å². The number of hydrogen-bond acceptors (Lipinski definition) is 7. The van der Waals surface area contributed by atoms with Crippen LogP contribution < -0.4 is 16.0 Å². The zero-order chi connectivity index (χ0) is 32.6. The van der Waals surface area contributed by atoms with E-state index in [1.807, 2.05) is 85.7 Å². The predicted molar refractivity (Wildman–Crippen MR) is 189 cm³/mol. The standard InChI is InChI=1S/C36H45N9O/c1-7-29(25(2)3)34-41-36(45-21-18-37-19-22-45)42-35(44(34)6)39-24-27-11-8-9-12-30(27)33-31-15-14-28(23-26(31)16-17-38-33)40-32(46)13-10-20-43(4)5/h7-17,23,25,37H,1,18-22,24H2,2-6H3,(H,40,46)(H,39,41,42)/b13-10+,34-29+. The average molecular weight is 620 g/mol. The van der Waals surface area contributed by atoms with Crippen LogP contribution in [0.2, 0.25) is 0 Å². The quantitative estimate of drug-likeness (QED) is 0.300. The Morgan fingerprint density at radius 3 is 2.67 bits per heavy atom. The number of anilines is 1. The maximum atomic E-state index is 12.4. The molecule has 3 aromatic rings. The molecule has 240 valence electrons. The van der Waals surface area contributed by atoms with Crippen LogP contribution in [-0.2, 0) is 11.3 Å². The molecule has 0 spiro atoms. The molecule has 0 unspecified atom stereocenters. The summed E-state index contributed by atoms with van der Waals surface area (Å²) in [7, 11) is 5.93. The first kappa shape index (κ1) is 32.6. The molecule has 5 rings (SSSR count). The van der Waals surface area contributed by atoms with Crippen LogP contribution >= 0.6 is 0 Å². The first-order chi connectivity index (χ1) is 22.2. The molecule has 1 fully saturated rings. The third kappa shape index (κ3) is 7.70. The second-order valence-corrected chi connectivity index (χ2v) is 12.0. The number of nitrogens with one attached hydrogen (secondary N) is 3. The summed E-state index contributed by atoms with van der Waals surface area (Å²) in [5.74, 6) is 2.53. The molecule has 1 aromatic heterocycles. The van der Waals surface area contributed by atoms with Crippen LogP contribution in [0.4, 0.5) is 5.69 Å². The van der Waals surface area contributed by atoms with Gasteiger partial charge >= 0.3 is 0 Å². The van der Waals surface area contributed by atoms with Crippen LogP contribution in [0.15, 0.2) is 101 Å². The number of carbonyl (C=O) groups is 1. The van der Waals surface area contributed by atoms with Gasteiger partial charge in [-0.3, -0.25) is 14.7 Å². The van der Waals surface area contributed by atoms with Gasteiger partial charge in [0.2, 0.25) is 17.8 Å². The SMILES string of the molecule is C=C/C(=C1/NC(N2CCNCC2)=NC(=NCc2ccccc2-c2nccc3cc(NC(=O)/C=C/CN(C)C)ccc23)N1C)C(C)C. The van der Waals surface area contributed by atoms with E-state index in [1.165, 1.54) is 0 Å². The van der Waals surface area contributed by atoms with Crippen LogP contribution in [0.1, 0.15) is 19.4 Å².